The Balaban J connectivity index is 1.87. The van der Waals surface area contributed by atoms with Gasteiger partial charge in [0.05, 0.1) is 6.20 Å². The molecule has 2 heterocycles. The topological polar surface area (TPSA) is 74.2 Å². The molecule has 0 atom stereocenters. The Morgan fingerprint density at radius 3 is 2.80 bits per heavy atom. The number of nitrogens with one attached hydrogen (secondary N) is 1. The minimum atomic E-state index is 0.580. The summed E-state index contributed by atoms with van der Waals surface area (Å²) in [5, 5.41) is 11.2. The molecule has 20 heavy (non-hydrogen) atoms. The van der Waals surface area contributed by atoms with Crippen LogP contribution in [0.1, 0.15) is 26.2 Å². The number of aromatic nitrogens is 3. The summed E-state index contributed by atoms with van der Waals surface area (Å²) in [6.07, 6.45) is 6.09. The van der Waals surface area contributed by atoms with E-state index < -0.39 is 0 Å². The first-order chi connectivity index (χ1) is 9.83. The molecular weight excluding hydrogens is 256 g/mol. The molecule has 0 unspecified atom stereocenters. The molecular formula is C13H22N6O. The Labute approximate surface area is 119 Å². The van der Waals surface area contributed by atoms with Crippen LogP contribution < -0.4 is 10.2 Å². The monoisotopic (exact) mass is 278 g/mol. The van der Waals surface area contributed by atoms with E-state index in [4.69, 9.17) is 0 Å². The largest absolute Gasteiger partial charge is 0.353 e. The first kappa shape index (κ1) is 14.5. The molecule has 2 rings (SSSR count). The fourth-order valence-electron chi connectivity index (χ4n) is 2.15. The zero-order valence-electron chi connectivity index (χ0n) is 12.0. The molecule has 1 aliphatic heterocycles. The third kappa shape index (κ3) is 4.04. The lowest BCUT2D eigenvalue weighted by molar-refractivity contribution is -0.118. The molecule has 0 aliphatic carbocycles. The fourth-order valence-corrected chi connectivity index (χ4v) is 2.15. The Bertz CT molecular complexity index is 419. The molecule has 0 saturated carbocycles. The van der Waals surface area contributed by atoms with Gasteiger partial charge in [0, 0.05) is 32.7 Å². The summed E-state index contributed by atoms with van der Waals surface area (Å²) in [6, 6.07) is 0. The van der Waals surface area contributed by atoms with Crippen molar-refractivity contribution in [3.8, 4) is 0 Å². The van der Waals surface area contributed by atoms with Crippen LogP contribution in [0.2, 0.25) is 0 Å². The van der Waals surface area contributed by atoms with Gasteiger partial charge in [-0.2, -0.15) is 10.1 Å². The molecule has 0 bridgehead atoms. The highest BCUT2D eigenvalue weighted by atomic mass is 16.1. The summed E-state index contributed by atoms with van der Waals surface area (Å²) < 4.78 is 0. The van der Waals surface area contributed by atoms with E-state index in [0.29, 0.717) is 5.95 Å². The molecule has 0 radical (unpaired) electrons. The smallest absolute Gasteiger partial charge is 0.244 e. The van der Waals surface area contributed by atoms with E-state index >= 15 is 0 Å². The minimum absolute atomic E-state index is 0.580. The van der Waals surface area contributed by atoms with Gasteiger partial charge in [0.15, 0.2) is 5.82 Å². The van der Waals surface area contributed by atoms with Gasteiger partial charge in [-0.25, -0.2) is 0 Å². The summed E-state index contributed by atoms with van der Waals surface area (Å²) in [6.45, 7) is 6.08. The van der Waals surface area contributed by atoms with Crippen molar-refractivity contribution in [3.63, 3.8) is 0 Å². The van der Waals surface area contributed by atoms with Crippen molar-refractivity contribution in [2.24, 2.45) is 0 Å². The van der Waals surface area contributed by atoms with Gasteiger partial charge >= 0.3 is 0 Å². The second kappa shape index (κ2) is 7.62. The fraction of sp³-hybridized carbons (Fsp3) is 0.692. The van der Waals surface area contributed by atoms with Crippen molar-refractivity contribution in [2.75, 3.05) is 42.9 Å². The van der Waals surface area contributed by atoms with Gasteiger partial charge in [0.1, 0.15) is 0 Å². The van der Waals surface area contributed by atoms with Crippen LogP contribution in [0.5, 0.6) is 0 Å². The number of anilines is 2. The average Bonchev–Trinajstić information content (AvgIpc) is 2.52. The summed E-state index contributed by atoms with van der Waals surface area (Å²) in [4.78, 5) is 19.1. The summed E-state index contributed by atoms with van der Waals surface area (Å²) in [5.74, 6) is 1.40. The number of nitrogens with zero attached hydrogens (tertiary/aromatic N) is 5. The van der Waals surface area contributed by atoms with Crippen molar-refractivity contribution in [1.82, 2.24) is 20.1 Å². The van der Waals surface area contributed by atoms with Gasteiger partial charge in [0.2, 0.25) is 12.4 Å². The van der Waals surface area contributed by atoms with Gasteiger partial charge in [-0.05, 0) is 6.42 Å². The van der Waals surface area contributed by atoms with E-state index in [1.165, 1.54) is 12.8 Å². The second-order valence-corrected chi connectivity index (χ2v) is 4.90. The van der Waals surface area contributed by atoms with Crippen molar-refractivity contribution in [2.45, 2.75) is 26.2 Å². The summed E-state index contributed by atoms with van der Waals surface area (Å²) >= 11 is 0. The van der Waals surface area contributed by atoms with Crippen LogP contribution in [0, 0.1) is 0 Å². The van der Waals surface area contributed by atoms with Gasteiger partial charge < -0.3 is 15.1 Å². The van der Waals surface area contributed by atoms with Gasteiger partial charge in [0.25, 0.3) is 0 Å². The maximum atomic E-state index is 10.7. The lowest BCUT2D eigenvalue weighted by atomic mass is 10.2. The van der Waals surface area contributed by atoms with Crippen molar-refractivity contribution >= 4 is 18.2 Å². The zero-order chi connectivity index (χ0) is 14.2. The Morgan fingerprint density at radius 2 is 2.10 bits per heavy atom. The van der Waals surface area contributed by atoms with E-state index in [2.05, 4.69) is 32.3 Å². The molecule has 0 spiro atoms. The first-order valence-corrected chi connectivity index (χ1v) is 7.21. The highest BCUT2D eigenvalue weighted by Crippen LogP contribution is 2.13. The molecule has 1 aliphatic rings. The predicted octanol–water partition coefficient (Wildman–Crippen LogP) is 0.752. The molecule has 0 aromatic carbocycles. The lowest BCUT2D eigenvalue weighted by Crippen LogP contribution is -2.46. The van der Waals surface area contributed by atoms with Crippen LogP contribution in [-0.2, 0) is 4.79 Å². The van der Waals surface area contributed by atoms with Crippen molar-refractivity contribution in [1.29, 1.82) is 0 Å². The normalized spacial score (nSPS) is 15.2. The van der Waals surface area contributed by atoms with Crippen molar-refractivity contribution < 1.29 is 4.79 Å². The van der Waals surface area contributed by atoms with Gasteiger partial charge in [-0.15, -0.1) is 5.10 Å². The first-order valence-electron chi connectivity index (χ1n) is 7.21. The SMILES string of the molecule is CCCCCNc1nncc(N2CCN(C=O)CC2)n1. The van der Waals surface area contributed by atoms with Crippen LogP contribution >= 0.6 is 0 Å². The second-order valence-electron chi connectivity index (χ2n) is 4.90. The molecule has 1 aromatic heterocycles. The molecule has 1 amide bonds. The minimum Gasteiger partial charge on any atom is -0.353 e. The lowest BCUT2D eigenvalue weighted by Gasteiger charge is -2.33. The molecule has 7 heteroatoms. The molecule has 1 aromatic rings. The van der Waals surface area contributed by atoms with E-state index in [0.717, 1.165) is 51.4 Å². The highest BCUT2D eigenvalue weighted by molar-refractivity contribution is 5.49. The van der Waals surface area contributed by atoms with Crippen LogP contribution in [-0.4, -0.2) is 59.2 Å². The Morgan fingerprint density at radius 1 is 1.30 bits per heavy atom. The van der Waals surface area contributed by atoms with E-state index in [-0.39, 0.29) is 0 Å². The average molecular weight is 278 g/mol. The summed E-state index contributed by atoms with van der Waals surface area (Å²) in [5.41, 5.74) is 0. The number of hydrogen-bond donors (Lipinski definition) is 1. The maximum Gasteiger partial charge on any atom is 0.244 e. The molecule has 1 fully saturated rings. The van der Waals surface area contributed by atoms with Gasteiger partial charge in [-0.3, -0.25) is 4.79 Å². The third-order valence-electron chi connectivity index (χ3n) is 3.40. The number of unbranched alkanes of at least 4 members (excludes halogenated alkanes) is 2. The van der Waals surface area contributed by atoms with Crippen LogP contribution in [0.3, 0.4) is 0 Å². The van der Waals surface area contributed by atoms with Crippen molar-refractivity contribution in [3.05, 3.63) is 6.20 Å². The maximum absolute atomic E-state index is 10.7. The van der Waals surface area contributed by atoms with E-state index in [9.17, 15) is 4.79 Å². The number of amides is 1. The number of rotatable bonds is 7. The highest BCUT2D eigenvalue weighted by Gasteiger charge is 2.17. The third-order valence-corrected chi connectivity index (χ3v) is 3.40. The van der Waals surface area contributed by atoms with Crippen LogP contribution in [0.15, 0.2) is 6.20 Å². The summed E-state index contributed by atoms with van der Waals surface area (Å²) in [7, 11) is 0. The standard InChI is InChI=1S/C13H22N6O/c1-2-3-4-5-14-13-16-12(10-15-17-13)19-8-6-18(11-20)7-9-19/h10-11H,2-9H2,1H3,(H,14,16,17). The predicted molar refractivity (Wildman–Crippen MR) is 77.7 cm³/mol. The number of carbonyl (C=O) groups excluding carboxylic acids is 1. The quantitative estimate of drug-likeness (QED) is 0.586. The van der Waals surface area contributed by atoms with Crippen LogP contribution in [0.4, 0.5) is 11.8 Å². The van der Waals surface area contributed by atoms with Crippen LogP contribution in [0.25, 0.3) is 0 Å². The van der Waals surface area contributed by atoms with Gasteiger partial charge in [-0.1, -0.05) is 19.8 Å². The van der Waals surface area contributed by atoms with E-state index in [1.807, 2.05) is 0 Å². The number of hydrogen-bond acceptors (Lipinski definition) is 6. The Hall–Kier alpha value is -1.92. The van der Waals surface area contributed by atoms with E-state index in [1.54, 1.807) is 11.1 Å². The number of carbonyl (C=O) groups is 1. The Kier molecular flexibility index (Phi) is 5.52. The zero-order valence-corrected chi connectivity index (χ0v) is 12.0. The molecule has 7 nitrogen and oxygen atoms in total. The molecule has 1 saturated heterocycles. The molecule has 110 valence electrons. The number of piperazine rings is 1. The molecule has 1 N–H and O–H groups in total.